The Hall–Kier alpha value is -0.611. The van der Waals surface area contributed by atoms with Crippen molar-refractivity contribution >= 4 is 34.3 Å². The summed E-state index contributed by atoms with van der Waals surface area (Å²) < 4.78 is 31.5. The van der Waals surface area contributed by atoms with Crippen LogP contribution in [0.1, 0.15) is 0 Å². The second-order valence-corrected chi connectivity index (χ2v) is 6.01. The van der Waals surface area contributed by atoms with E-state index in [2.05, 4.69) is 0 Å². The minimum absolute atomic E-state index is 0.0337. The molecule has 1 aromatic carbocycles. The summed E-state index contributed by atoms with van der Waals surface area (Å²) in [6.07, 6.45) is 0. The first-order valence-corrected chi connectivity index (χ1v) is 6.81. The fourth-order valence-electron chi connectivity index (χ4n) is 1.11. The van der Waals surface area contributed by atoms with E-state index < -0.39 is 10.1 Å². The van der Waals surface area contributed by atoms with Gasteiger partial charge in [0.1, 0.15) is 0 Å². The molecule has 13 heavy (non-hydrogen) atoms. The van der Waals surface area contributed by atoms with Gasteiger partial charge in [-0.15, -0.1) is 0 Å². The van der Waals surface area contributed by atoms with Gasteiger partial charge in [-0.3, -0.25) is 0 Å². The van der Waals surface area contributed by atoms with Crippen LogP contribution in [0.25, 0.3) is 9.65 Å². The summed E-state index contributed by atoms with van der Waals surface area (Å²) in [6.45, 7) is 0. The molecule has 0 saturated heterocycles. The molecule has 0 spiro atoms. The van der Waals surface area contributed by atoms with Crippen molar-refractivity contribution in [3.05, 3.63) is 29.2 Å². The van der Waals surface area contributed by atoms with Crippen molar-refractivity contribution in [3.8, 4) is 0 Å². The van der Waals surface area contributed by atoms with Crippen molar-refractivity contribution < 1.29 is 13.0 Å². The van der Waals surface area contributed by atoms with Gasteiger partial charge in [0.25, 0.3) is 0 Å². The van der Waals surface area contributed by atoms with Gasteiger partial charge in [0, 0.05) is 0 Å². The van der Waals surface area contributed by atoms with E-state index in [1.54, 1.807) is 6.07 Å². The molecule has 0 atom stereocenters. The summed E-state index contributed by atoms with van der Waals surface area (Å²) in [5, 5.41) is 0.898. The maximum atomic E-state index is 10.8. The molecule has 2 aromatic rings. The average molecular weight is 261 g/mol. The molecule has 1 N–H and O–H groups in total. The fraction of sp³-hybridized carbons (Fsp3) is 0. The predicted molar refractivity (Wildman–Crippen MR) is 50.7 cm³/mol. The SMILES string of the molecule is O=S(=O)(O)c1ccc2[se]ccc2c1. The number of hydrogen-bond donors (Lipinski definition) is 1. The van der Waals surface area contributed by atoms with Crippen LogP contribution in [-0.2, 0) is 10.1 Å². The second-order valence-electron chi connectivity index (χ2n) is 2.60. The molecule has 0 fully saturated rings. The van der Waals surface area contributed by atoms with Gasteiger partial charge in [-0.1, -0.05) is 0 Å². The van der Waals surface area contributed by atoms with Gasteiger partial charge < -0.3 is 0 Å². The van der Waals surface area contributed by atoms with Crippen molar-refractivity contribution in [3.63, 3.8) is 0 Å². The normalized spacial score (nSPS) is 12.1. The van der Waals surface area contributed by atoms with Crippen molar-refractivity contribution in [1.82, 2.24) is 0 Å². The first-order valence-electron chi connectivity index (χ1n) is 3.52. The van der Waals surface area contributed by atoms with E-state index in [1.165, 1.54) is 12.1 Å². The summed E-state index contributed by atoms with van der Waals surface area (Å²) in [6, 6.07) is 6.56. The molecule has 2 rings (SSSR count). The van der Waals surface area contributed by atoms with Crippen LogP contribution in [0, 0.1) is 0 Å². The zero-order valence-corrected chi connectivity index (χ0v) is 9.00. The predicted octanol–water partition coefficient (Wildman–Crippen LogP) is 1.14. The summed E-state index contributed by atoms with van der Waals surface area (Å²) in [7, 11) is -4.05. The Morgan fingerprint density at radius 3 is 2.69 bits per heavy atom. The Morgan fingerprint density at radius 2 is 2.00 bits per heavy atom. The summed E-state index contributed by atoms with van der Waals surface area (Å²) in [5.41, 5.74) is 0. The molecule has 0 aliphatic heterocycles. The van der Waals surface area contributed by atoms with Gasteiger partial charge in [-0.2, -0.15) is 0 Å². The molecule has 0 amide bonds. The third-order valence-electron chi connectivity index (χ3n) is 1.72. The molecule has 0 saturated carbocycles. The summed E-state index contributed by atoms with van der Waals surface area (Å²) >= 11 is 0.313. The van der Waals surface area contributed by atoms with Gasteiger partial charge in [-0.25, -0.2) is 0 Å². The monoisotopic (exact) mass is 262 g/mol. The van der Waals surface area contributed by atoms with Crippen LogP contribution < -0.4 is 0 Å². The first-order chi connectivity index (χ1) is 6.07. The molecule has 0 aliphatic carbocycles. The molecule has 0 unspecified atom stereocenters. The molecular weight excluding hydrogens is 255 g/mol. The second kappa shape index (κ2) is 2.96. The zero-order valence-electron chi connectivity index (χ0n) is 6.47. The number of benzene rings is 1. The molecule has 68 valence electrons. The Bertz CT molecular complexity index is 541. The van der Waals surface area contributed by atoms with Gasteiger partial charge in [-0.05, 0) is 0 Å². The van der Waals surface area contributed by atoms with Gasteiger partial charge in [0.05, 0.1) is 0 Å². The number of fused-ring (bicyclic) bond motifs is 1. The molecule has 3 nitrogen and oxygen atoms in total. The van der Waals surface area contributed by atoms with Crippen molar-refractivity contribution in [2.75, 3.05) is 0 Å². The Balaban J connectivity index is 2.75. The molecule has 0 aliphatic rings. The van der Waals surface area contributed by atoms with E-state index in [1.807, 2.05) is 11.0 Å². The van der Waals surface area contributed by atoms with E-state index >= 15 is 0 Å². The molecule has 0 radical (unpaired) electrons. The van der Waals surface area contributed by atoms with Gasteiger partial charge >= 0.3 is 81.3 Å². The standard InChI is InChI=1S/C8H6O3SSe/c9-12(10,11)7-1-2-8-6(5-7)3-4-13-8/h1-5H,(H,9,10,11). The third-order valence-corrected chi connectivity index (χ3v) is 4.46. The third kappa shape index (κ3) is 1.69. The van der Waals surface area contributed by atoms with Crippen molar-refractivity contribution in [2.45, 2.75) is 4.90 Å². The zero-order chi connectivity index (χ0) is 9.47. The fourth-order valence-corrected chi connectivity index (χ4v) is 3.24. The average Bonchev–Trinajstić information content (AvgIpc) is 2.47. The van der Waals surface area contributed by atoms with E-state index in [9.17, 15) is 8.42 Å². The van der Waals surface area contributed by atoms with Gasteiger partial charge in [0.15, 0.2) is 0 Å². The molecule has 5 heteroatoms. The van der Waals surface area contributed by atoms with Crippen LogP contribution >= 0.6 is 0 Å². The summed E-state index contributed by atoms with van der Waals surface area (Å²) in [4.78, 5) is 1.99. The van der Waals surface area contributed by atoms with E-state index in [0.29, 0.717) is 14.5 Å². The van der Waals surface area contributed by atoms with E-state index in [4.69, 9.17) is 4.55 Å². The maximum absolute atomic E-state index is 10.8. The summed E-state index contributed by atoms with van der Waals surface area (Å²) in [5.74, 6) is 0. The Morgan fingerprint density at radius 1 is 1.23 bits per heavy atom. The van der Waals surface area contributed by atoms with Crippen LogP contribution in [0.3, 0.4) is 0 Å². The first kappa shape index (κ1) is 8.96. The quantitative estimate of drug-likeness (QED) is 0.618. The Labute approximate surface area is 81.5 Å². The number of rotatable bonds is 1. The molecule has 0 bridgehead atoms. The van der Waals surface area contributed by atoms with Crippen LogP contribution in [0.2, 0.25) is 0 Å². The van der Waals surface area contributed by atoms with Crippen molar-refractivity contribution in [2.24, 2.45) is 0 Å². The van der Waals surface area contributed by atoms with E-state index in [0.717, 1.165) is 9.65 Å². The van der Waals surface area contributed by atoms with E-state index in [-0.39, 0.29) is 4.90 Å². The minimum atomic E-state index is -4.05. The topological polar surface area (TPSA) is 54.4 Å². The van der Waals surface area contributed by atoms with Crippen LogP contribution in [0.15, 0.2) is 34.1 Å². The van der Waals surface area contributed by atoms with Crippen molar-refractivity contribution in [1.29, 1.82) is 0 Å². The van der Waals surface area contributed by atoms with Crippen LogP contribution in [-0.4, -0.2) is 27.5 Å². The molecule has 1 aromatic heterocycles. The Kier molecular flexibility index (Phi) is 2.04. The molecule has 1 heterocycles. The van der Waals surface area contributed by atoms with Crippen LogP contribution in [0.4, 0.5) is 0 Å². The van der Waals surface area contributed by atoms with Crippen LogP contribution in [0.5, 0.6) is 0 Å². The molecular formula is C8H6O3SSe. The number of hydrogen-bond acceptors (Lipinski definition) is 2. The van der Waals surface area contributed by atoms with Gasteiger partial charge in [0.2, 0.25) is 0 Å².